The maximum atomic E-state index is 13.5. The molecule has 14 heteroatoms. The Labute approximate surface area is 251 Å². The maximum absolute atomic E-state index is 13.5. The zero-order chi connectivity index (χ0) is 32.6. The molecule has 0 spiro atoms. The highest BCUT2D eigenvalue weighted by atomic mass is 19.4. The highest BCUT2D eigenvalue weighted by molar-refractivity contribution is 6.20. The predicted molar refractivity (Wildman–Crippen MR) is 152 cm³/mol. The third-order valence-electron chi connectivity index (χ3n) is 8.16. The van der Waals surface area contributed by atoms with Crippen LogP contribution in [0.1, 0.15) is 86.8 Å². The fourth-order valence-corrected chi connectivity index (χ4v) is 6.03. The number of amides is 1. The molecule has 2 heterocycles. The number of halogens is 6. The average molecular weight is 628 g/mol. The van der Waals surface area contributed by atoms with Gasteiger partial charge in [0.1, 0.15) is 23.5 Å². The molecule has 8 nitrogen and oxygen atoms in total. The number of benzene rings is 1. The summed E-state index contributed by atoms with van der Waals surface area (Å²) in [5.41, 5.74) is 3.10. The number of nitrogens with zero attached hydrogens (tertiary/aromatic N) is 3. The number of nitrogens with two attached hydrogens (primary N) is 1. The van der Waals surface area contributed by atoms with Gasteiger partial charge in [-0.2, -0.15) is 26.3 Å². The van der Waals surface area contributed by atoms with Crippen molar-refractivity contribution in [2.75, 3.05) is 11.4 Å². The van der Waals surface area contributed by atoms with Crippen LogP contribution >= 0.6 is 0 Å². The number of carbonyl (C=O) groups is 1. The summed E-state index contributed by atoms with van der Waals surface area (Å²) in [6.45, 7) is 5.22. The van der Waals surface area contributed by atoms with Crippen molar-refractivity contribution in [3.05, 3.63) is 64.0 Å². The molecular formula is C30H35F6N5O3. The van der Waals surface area contributed by atoms with Crippen LogP contribution in [0, 0.1) is 5.41 Å². The number of cyclic esters (lactones) is 1. The van der Waals surface area contributed by atoms with E-state index in [1.807, 2.05) is 6.92 Å². The molecule has 1 aromatic heterocycles. The number of amidine groups is 1. The number of hydrogen-bond acceptors (Lipinski definition) is 6. The van der Waals surface area contributed by atoms with Gasteiger partial charge in [-0.15, -0.1) is 0 Å². The Morgan fingerprint density at radius 2 is 1.68 bits per heavy atom. The number of pyridine rings is 1. The van der Waals surface area contributed by atoms with Gasteiger partial charge in [0.25, 0.3) is 0 Å². The monoisotopic (exact) mass is 627 g/mol. The first-order valence-electron chi connectivity index (χ1n) is 14.3. The average Bonchev–Trinajstić information content (AvgIpc) is 3.22. The number of allylic oxidation sites excluding steroid dienone is 1. The van der Waals surface area contributed by atoms with Crippen molar-refractivity contribution in [3.8, 4) is 0 Å². The van der Waals surface area contributed by atoms with Gasteiger partial charge in [-0.25, -0.2) is 9.78 Å². The molecule has 240 valence electrons. The molecule has 2 aliphatic rings. The first kappa shape index (κ1) is 32.9. The van der Waals surface area contributed by atoms with Crippen LogP contribution < -0.4 is 10.6 Å². The van der Waals surface area contributed by atoms with Crippen LogP contribution in [0.15, 0.2) is 36.2 Å². The standard InChI is InChI=1S/C30H35F6N5O3/c1-4-40(23-8-6-5-7-9-23)27-20(10-19(14-39-27)24(17(3)42)26(37)38)15-41-16(2)25(44-28(41)43)18-11-21(29(31,32)33)13-22(12-18)30(34,35)36/h10-14,16,23,25,42H,4-9,15H2,1-3H3,(H3,37,38)/b24-17-. The van der Waals surface area contributed by atoms with E-state index in [0.717, 1.165) is 32.1 Å². The van der Waals surface area contributed by atoms with Gasteiger partial charge in [-0.05, 0) is 63.4 Å². The lowest BCUT2D eigenvalue weighted by molar-refractivity contribution is -0.143. The normalized spacial score (nSPS) is 20.4. The molecule has 1 saturated carbocycles. The van der Waals surface area contributed by atoms with Gasteiger partial charge >= 0.3 is 18.4 Å². The summed E-state index contributed by atoms with van der Waals surface area (Å²) >= 11 is 0. The van der Waals surface area contributed by atoms with Crippen LogP contribution in [0.3, 0.4) is 0 Å². The minimum absolute atomic E-state index is 0.0278. The molecule has 2 atom stereocenters. The van der Waals surface area contributed by atoms with E-state index in [0.29, 0.717) is 35.6 Å². The summed E-state index contributed by atoms with van der Waals surface area (Å²) in [5, 5.41) is 18.2. The number of ether oxygens (including phenoxy) is 1. The van der Waals surface area contributed by atoms with Gasteiger partial charge in [0.05, 0.1) is 29.3 Å². The van der Waals surface area contributed by atoms with E-state index in [9.17, 15) is 36.2 Å². The van der Waals surface area contributed by atoms with Crippen molar-refractivity contribution in [2.24, 2.45) is 5.73 Å². The Balaban J connectivity index is 1.76. The number of aliphatic hydroxyl groups excluding tert-OH is 1. The zero-order valence-corrected chi connectivity index (χ0v) is 24.5. The zero-order valence-electron chi connectivity index (χ0n) is 24.5. The molecule has 1 aliphatic heterocycles. The van der Waals surface area contributed by atoms with E-state index in [1.54, 1.807) is 6.07 Å². The topological polar surface area (TPSA) is 116 Å². The minimum Gasteiger partial charge on any atom is -0.512 e. The maximum Gasteiger partial charge on any atom is 0.416 e. The number of hydrogen-bond donors (Lipinski definition) is 3. The highest BCUT2D eigenvalue weighted by Gasteiger charge is 2.43. The van der Waals surface area contributed by atoms with Crippen molar-refractivity contribution in [1.29, 1.82) is 5.41 Å². The number of alkyl halides is 6. The lowest BCUT2D eigenvalue weighted by Crippen LogP contribution is -2.39. The van der Waals surface area contributed by atoms with Crippen LogP contribution in [0.25, 0.3) is 5.57 Å². The van der Waals surface area contributed by atoms with Crippen LogP contribution in [-0.4, -0.2) is 45.5 Å². The first-order chi connectivity index (χ1) is 20.5. The molecule has 4 N–H and O–H groups in total. The Bertz CT molecular complexity index is 1400. The van der Waals surface area contributed by atoms with Crippen molar-refractivity contribution in [2.45, 2.75) is 90.0 Å². The Morgan fingerprint density at radius 3 is 2.18 bits per heavy atom. The molecule has 0 bridgehead atoms. The number of carbonyl (C=O) groups excluding carboxylic acids is 1. The summed E-state index contributed by atoms with van der Waals surface area (Å²) in [7, 11) is 0. The van der Waals surface area contributed by atoms with Gasteiger partial charge in [0.15, 0.2) is 0 Å². The molecule has 4 rings (SSSR count). The van der Waals surface area contributed by atoms with Gasteiger partial charge in [0, 0.05) is 29.9 Å². The predicted octanol–water partition coefficient (Wildman–Crippen LogP) is 7.59. The number of rotatable bonds is 8. The smallest absolute Gasteiger partial charge is 0.416 e. The molecule has 1 saturated heterocycles. The first-order valence-corrected chi connectivity index (χ1v) is 14.3. The van der Waals surface area contributed by atoms with Gasteiger partial charge in [-0.1, -0.05) is 19.3 Å². The van der Waals surface area contributed by atoms with Crippen molar-refractivity contribution in [3.63, 3.8) is 0 Å². The molecule has 1 aliphatic carbocycles. The third-order valence-corrected chi connectivity index (χ3v) is 8.16. The van der Waals surface area contributed by atoms with E-state index in [-0.39, 0.29) is 30.0 Å². The SMILES string of the molecule is CCN(c1ncc(/C(C(=N)N)=C(\C)O)cc1CN1C(=O)OC(c2cc(C(F)(F)F)cc(C(F)(F)F)c2)C1C)C1CCCCC1. The van der Waals surface area contributed by atoms with E-state index < -0.39 is 53.1 Å². The number of aromatic nitrogens is 1. The fraction of sp³-hybridized carbons (Fsp3) is 0.500. The summed E-state index contributed by atoms with van der Waals surface area (Å²) in [4.78, 5) is 21.1. The van der Waals surface area contributed by atoms with E-state index in [4.69, 9.17) is 15.9 Å². The van der Waals surface area contributed by atoms with Crippen LogP contribution in [0.5, 0.6) is 0 Å². The summed E-state index contributed by atoms with van der Waals surface area (Å²) in [6, 6.07) is 1.99. The van der Waals surface area contributed by atoms with Gasteiger partial charge < -0.3 is 20.5 Å². The highest BCUT2D eigenvalue weighted by Crippen LogP contribution is 2.41. The Morgan fingerprint density at radius 1 is 1.09 bits per heavy atom. The number of nitrogens with one attached hydrogen (secondary N) is 1. The van der Waals surface area contributed by atoms with Crippen LogP contribution in [-0.2, 0) is 23.6 Å². The van der Waals surface area contributed by atoms with E-state index in [2.05, 4.69) is 9.88 Å². The second-order valence-electron chi connectivity index (χ2n) is 11.2. The van der Waals surface area contributed by atoms with Gasteiger partial charge in [-0.3, -0.25) is 10.3 Å². The lowest BCUT2D eigenvalue weighted by atomic mass is 9.93. The fourth-order valence-electron chi connectivity index (χ4n) is 6.03. The molecule has 1 aromatic carbocycles. The molecule has 2 unspecified atom stereocenters. The molecular weight excluding hydrogens is 592 g/mol. The van der Waals surface area contributed by atoms with Gasteiger partial charge in [0.2, 0.25) is 0 Å². The van der Waals surface area contributed by atoms with Crippen LogP contribution in [0.4, 0.5) is 37.0 Å². The Kier molecular flexibility index (Phi) is 9.40. The second kappa shape index (κ2) is 12.6. The summed E-state index contributed by atoms with van der Waals surface area (Å²) in [5.74, 6) is -0.107. The quantitative estimate of drug-likeness (QED) is 0.120. The third kappa shape index (κ3) is 6.88. The second-order valence-corrected chi connectivity index (χ2v) is 11.2. The lowest BCUT2D eigenvalue weighted by Gasteiger charge is -2.36. The van der Waals surface area contributed by atoms with Crippen LogP contribution in [0.2, 0.25) is 0 Å². The molecule has 0 radical (unpaired) electrons. The van der Waals surface area contributed by atoms with E-state index in [1.165, 1.54) is 24.9 Å². The van der Waals surface area contributed by atoms with Crippen molar-refractivity contribution < 1.29 is 41.0 Å². The van der Waals surface area contributed by atoms with Crippen molar-refractivity contribution in [1.82, 2.24) is 9.88 Å². The molecule has 1 amide bonds. The number of aliphatic hydroxyl groups is 1. The van der Waals surface area contributed by atoms with E-state index >= 15 is 0 Å². The summed E-state index contributed by atoms with van der Waals surface area (Å²) in [6.07, 6.45) is -5.97. The van der Waals surface area contributed by atoms with Crippen molar-refractivity contribution >= 4 is 23.3 Å². The molecule has 2 fully saturated rings. The summed E-state index contributed by atoms with van der Waals surface area (Å²) < 4.78 is 86.6. The largest absolute Gasteiger partial charge is 0.512 e. The number of anilines is 1. The Hall–Kier alpha value is -3.97. The molecule has 44 heavy (non-hydrogen) atoms. The molecule has 2 aromatic rings. The minimum atomic E-state index is -5.06.